The lowest BCUT2D eigenvalue weighted by Crippen LogP contribution is -2.17. The fraction of sp³-hybridized carbons (Fsp3) is 0.273. The van der Waals surface area contributed by atoms with Crippen LogP contribution in [0.2, 0.25) is 5.02 Å². The van der Waals surface area contributed by atoms with Gasteiger partial charge in [-0.15, -0.1) is 0 Å². The molecule has 0 radical (unpaired) electrons. The van der Waals surface area contributed by atoms with Crippen LogP contribution in [0.15, 0.2) is 24.5 Å². The lowest BCUT2D eigenvalue weighted by Gasteiger charge is -2.12. The van der Waals surface area contributed by atoms with Gasteiger partial charge in [0.1, 0.15) is 18.0 Å². The molecule has 1 aromatic heterocycles. The number of aromatic nitrogens is 3. The monoisotopic (exact) mass is 254 g/mol. The molecule has 0 amide bonds. The zero-order chi connectivity index (χ0) is 12.4. The number of aryl methyl sites for hydroxylation is 1. The van der Waals surface area contributed by atoms with Gasteiger partial charge in [0.05, 0.1) is 0 Å². The second-order valence-corrected chi connectivity index (χ2v) is 4.21. The lowest BCUT2D eigenvalue weighted by atomic mass is 10.0. The molecule has 1 atom stereocenters. The number of benzene rings is 1. The van der Waals surface area contributed by atoms with Crippen LogP contribution in [0.4, 0.5) is 4.39 Å². The van der Waals surface area contributed by atoms with Gasteiger partial charge in [-0.05, 0) is 12.1 Å². The minimum atomic E-state index is -0.463. The first-order chi connectivity index (χ1) is 8.08. The Morgan fingerprint density at radius 3 is 2.88 bits per heavy atom. The van der Waals surface area contributed by atoms with E-state index in [-0.39, 0.29) is 0 Å². The average Bonchev–Trinajstić information content (AvgIpc) is 2.64. The molecule has 2 aromatic rings. The normalized spacial score (nSPS) is 12.7. The highest BCUT2D eigenvalue weighted by molar-refractivity contribution is 6.30. The van der Waals surface area contributed by atoms with Gasteiger partial charge in [-0.3, -0.25) is 4.68 Å². The molecule has 4 nitrogen and oxygen atoms in total. The van der Waals surface area contributed by atoms with Crippen molar-refractivity contribution in [1.82, 2.24) is 14.8 Å². The van der Waals surface area contributed by atoms with Crippen LogP contribution in [0.3, 0.4) is 0 Å². The highest BCUT2D eigenvalue weighted by atomic mass is 35.5. The first-order valence-corrected chi connectivity index (χ1v) is 5.49. The van der Waals surface area contributed by atoms with Gasteiger partial charge in [0.25, 0.3) is 0 Å². The van der Waals surface area contributed by atoms with Crippen molar-refractivity contribution in [2.45, 2.75) is 12.5 Å². The van der Waals surface area contributed by atoms with E-state index >= 15 is 0 Å². The fourth-order valence-corrected chi connectivity index (χ4v) is 1.77. The first-order valence-electron chi connectivity index (χ1n) is 5.11. The molecule has 0 aliphatic rings. The summed E-state index contributed by atoms with van der Waals surface area (Å²) in [7, 11) is 1.77. The Balaban J connectivity index is 2.20. The van der Waals surface area contributed by atoms with Gasteiger partial charge in [0.2, 0.25) is 0 Å². The molecule has 1 aromatic carbocycles. The summed E-state index contributed by atoms with van der Waals surface area (Å²) in [6.07, 6.45) is 1.87. The fourth-order valence-electron chi connectivity index (χ4n) is 1.61. The Labute approximate surface area is 103 Å². The zero-order valence-corrected chi connectivity index (χ0v) is 10.0. The standard InChI is InChI=1S/C11H12ClFN4/c1-17-11(15-6-16-17)5-10(14)8-3-2-7(12)4-9(8)13/h2-4,6,10H,5,14H2,1H3. The highest BCUT2D eigenvalue weighted by Crippen LogP contribution is 2.21. The van der Waals surface area contributed by atoms with Crippen LogP contribution in [0.5, 0.6) is 0 Å². The quantitative estimate of drug-likeness (QED) is 0.910. The lowest BCUT2D eigenvalue weighted by molar-refractivity contribution is 0.565. The van der Waals surface area contributed by atoms with Gasteiger partial charge in [0, 0.05) is 30.1 Å². The number of hydrogen-bond acceptors (Lipinski definition) is 3. The zero-order valence-electron chi connectivity index (χ0n) is 9.27. The van der Waals surface area contributed by atoms with E-state index in [1.54, 1.807) is 23.9 Å². The van der Waals surface area contributed by atoms with Gasteiger partial charge in [0.15, 0.2) is 0 Å². The number of nitrogens with zero attached hydrogens (tertiary/aromatic N) is 3. The summed E-state index contributed by atoms with van der Waals surface area (Å²) >= 11 is 5.68. The minimum Gasteiger partial charge on any atom is -0.323 e. The van der Waals surface area contributed by atoms with Crippen molar-refractivity contribution in [3.8, 4) is 0 Å². The Morgan fingerprint density at radius 2 is 2.29 bits per heavy atom. The first kappa shape index (κ1) is 12.0. The average molecular weight is 255 g/mol. The van der Waals surface area contributed by atoms with Gasteiger partial charge in [-0.2, -0.15) is 5.10 Å². The van der Waals surface area contributed by atoms with E-state index in [9.17, 15) is 4.39 Å². The highest BCUT2D eigenvalue weighted by Gasteiger charge is 2.14. The van der Waals surface area contributed by atoms with Crippen molar-refractivity contribution >= 4 is 11.6 Å². The molecule has 90 valence electrons. The van der Waals surface area contributed by atoms with Crippen LogP contribution in [-0.2, 0) is 13.5 Å². The molecule has 0 spiro atoms. The molecule has 1 unspecified atom stereocenters. The van der Waals surface area contributed by atoms with E-state index in [4.69, 9.17) is 17.3 Å². The number of hydrogen-bond donors (Lipinski definition) is 1. The molecule has 1 heterocycles. The van der Waals surface area contributed by atoms with E-state index in [0.29, 0.717) is 22.8 Å². The number of halogens is 2. The number of nitrogens with two attached hydrogens (primary N) is 1. The van der Waals surface area contributed by atoms with E-state index in [1.807, 2.05) is 0 Å². The van der Waals surface area contributed by atoms with E-state index < -0.39 is 11.9 Å². The van der Waals surface area contributed by atoms with Crippen LogP contribution < -0.4 is 5.73 Å². The van der Waals surface area contributed by atoms with Crippen LogP contribution in [0.25, 0.3) is 0 Å². The van der Waals surface area contributed by atoms with Gasteiger partial charge >= 0.3 is 0 Å². The van der Waals surface area contributed by atoms with Crippen LogP contribution in [0, 0.1) is 5.82 Å². The SMILES string of the molecule is Cn1ncnc1CC(N)c1ccc(Cl)cc1F. The Morgan fingerprint density at radius 1 is 1.53 bits per heavy atom. The predicted octanol–water partition coefficient (Wildman–Crippen LogP) is 1.85. The third-order valence-electron chi connectivity index (χ3n) is 2.57. The molecule has 0 saturated heterocycles. The maximum Gasteiger partial charge on any atom is 0.138 e. The van der Waals surface area contributed by atoms with Crippen LogP contribution in [-0.4, -0.2) is 14.8 Å². The molecule has 0 bridgehead atoms. The third kappa shape index (κ3) is 2.62. The second-order valence-electron chi connectivity index (χ2n) is 3.78. The predicted molar refractivity (Wildman–Crippen MR) is 63.0 cm³/mol. The smallest absolute Gasteiger partial charge is 0.138 e. The summed E-state index contributed by atoms with van der Waals surface area (Å²) in [5.74, 6) is 0.319. The maximum atomic E-state index is 13.6. The van der Waals surface area contributed by atoms with Gasteiger partial charge in [-0.1, -0.05) is 17.7 Å². The molecule has 0 saturated carbocycles. The summed E-state index contributed by atoms with van der Waals surface area (Å²) in [5.41, 5.74) is 6.37. The maximum absolute atomic E-state index is 13.6. The van der Waals surface area contributed by atoms with Crippen LogP contribution in [0.1, 0.15) is 17.4 Å². The Hall–Kier alpha value is -1.46. The van der Waals surface area contributed by atoms with E-state index in [2.05, 4.69) is 10.1 Å². The summed E-state index contributed by atoms with van der Waals surface area (Å²) in [6, 6.07) is 4.01. The third-order valence-corrected chi connectivity index (χ3v) is 2.80. The van der Waals surface area contributed by atoms with Crippen LogP contribution >= 0.6 is 11.6 Å². The molecule has 2 N–H and O–H groups in total. The topological polar surface area (TPSA) is 56.7 Å². The largest absolute Gasteiger partial charge is 0.323 e. The molecule has 2 rings (SSSR count). The summed E-state index contributed by atoms with van der Waals surface area (Å²) in [4.78, 5) is 4.05. The molecule has 0 aliphatic heterocycles. The number of rotatable bonds is 3. The summed E-state index contributed by atoms with van der Waals surface area (Å²) < 4.78 is 15.2. The summed E-state index contributed by atoms with van der Waals surface area (Å²) in [5, 5.41) is 4.29. The van der Waals surface area contributed by atoms with E-state index in [1.165, 1.54) is 12.4 Å². The molecule has 17 heavy (non-hydrogen) atoms. The van der Waals surface area contributed by atoms with Crippen molar-refractivity contribution in [2.24, 2.45) is 12.8 Å². The van der Waals surface area contributed by atoms with Gasteiger partial charge < -0.3 is 5.73 Å². The molecular formula is C11H12ClFN4. The molecule has 0 fully saturated rings. The van der Waals surface area contributed by atoms with Crippen molar-refractivity contribution in [2.75, 3.05) is 0 Å². The van der Waals surface area contributed by atoms with Crippen molar-refractivity contribution in [3.63, 3.8) is 0 Å². The Kier molecular flexibility index (Phi) is 3.40. The summed E-state index contributed by atoms with van der Waals surface area (Å²) in [6.45, 7) is 0. The Bertz CT molecular complexity index is 526. The molecular weight excluding hydrogens is 243 g/mol. The second kappa shape index (κ2) is 4.81. The molecule has 6 heteroatoms. The van der Waals surface area contributed by atoms with E-state index in [0.717, 1.165) is 0 Å². The van der Waals surface area contributed by atoms with Gasteiger partial charge in [-0.25, -0.2) is 9.37 Å². The van der Waals surface area contributed by atoms with Crippen molar-refractivity contribution < 1.29 is 4.39 Å². The molecule has 0 aliphatic carbocycles. The van der Waals surface area contributed by atoms with Crippen molar-refractivity contribution in [3.05, 3.63) is 46.8 Å². The van der Waals surface area contributed by atoms with Crippen molar-refractivity contribution in [1.29, 1.82) is 0 Å². The minimum absolute atomic E-state index is 0.358.